The molecule has 1 aliphatic carbocycles. The molecular weight excluding hydrogens is 278 g/mol. The molecule has 118 valence electrons. The van der Waals surface area contributed by atoms with Gasteiger partial charge in [-0.1, -0.05) is 26.2 Å². The Morgan fingerprint density at radius 1 is 1.14 bits per heavy atom. The normalized spacial score (nSPS) is 20.3. The molecule has 0 amide bonds. The first-order chi connectivity index (χ1) is 10.4. The molecule has 0 aromatic carbocycles. The van der Waals surface area contributed by atoms with Gasteiger partial charge in [-0.05, 0) is 38.6 Å². The van der Waals surface area contributed by atoms with Crippen LogP contribution in [0.5, 0.6) is 0 Å². The summed E-state index contributed by atoms with van der Waals surface area (Å²) in [6.07, 6.45) is 10.8. The zero-order valence-electron chi connectivity index (χ0n) is 13.4. The van der Waals surface area contributed by atoms with Crippen molar-refractivity contribution < 1.29 is 0 Å². The van der Waals surface area contributed by atoms with Gasteiger partial charge in [0.1, 0.15) is 0 Å². The summed E-state index contributed by atoms with van der Waals surface area (Å²) in [5, 5.41) is 4.86. The van der Waals surface area contributed by atoms with E-state index in [0.29, 0.717) is 0 Å². The third kappa shape index (κ3) is 4.19. The first kappa shape index (κ1) is 15.3. The van der Waals surface area contributed by atoms with Gasteiger partial charge in [0.05, 0.1) is 5.69 Å². The van der Waals surface area contributed by atoms with Crippen molar-refractivity contribution in [2.24, 2.45) is 0 Å². The highest BCUT2D eigenvalue weighted by atomic mass is 32.1. The first-order valence-corrected chi connectivity index (χ1v) is 9.65. The number of hydrogen-bond acceptors (Lipinski definition) is 4. The molecule has 3 rings (SSSR count). The quantitative estimate of drug-likeness (QED) is 0.795. The standard InChI is InChI=1S/C17H29N3S/c1-2-10-18-13-15-16(14-8-9-14)19-17(21-15)20-11-6-4-3-5-7-12-20/h14,18H,2-13H2,1H3. The van der Waals surface area contributed by atoms with Crippen LogP contribution in [0.1, 0.15) is 74.8 Å². The zero-order chi connectivity index (χ0) is 14.5. The summed E-state index contributed by atoms with van der Waals surface area (Å²) in [5.74, 6) is 0.767. The number of anilines is 1. The first-order valence-electron chi connectivity index (χ1n) is 8.83. The Hall–Kier alpha value is -0.610. The van der Waals surface area contributed by atoms with Crippen LogP contribution >= 0.6 is 11.3 Å². The van der Waals surface area contributed by atoms with E-state index in [4.69, 9.17) is 4.98 Å². The van der Waals surface area contributed by atoms with Crippen LogP contribution in [0.2, 0.25) is 0 Å². The van der Waals surface area contributed by atoms with E-state index < -0.39 is 0 Å². The van der Waals surface area contributed by atoms with Gasteiger partial charge < -0.3 is 10.2 Å². The second-order valence-electron chi connectivity index (χ2n) is 6.51. The van der Waals surface area contributed by atoms with Gasteiger partial charge in [0, 0.05) is 30.4 Å². The van der Waals surface area contributed by atoms with Crippen LogP contribution in [0.3, 0.4) is 0 Å². The molecule has 2 heterocycles. The lowest BCUT2D eigenvalue weighted by molar-refractivity contribution is 0.555. The highest BCUT2D eigenvalue weighted by Gasteiger charge is 2.30. The van der Waals surface area contributed by atoms with Gasteiger partial charge in [0.15, 0.2) is 5.13 Å². The van der Waals surface area contributed by atoms with Crippen molar-refractivity contribution in [3.05, 3.63) is 10.6 Å². The molecule has 1 N–H and O–H groups in total. The maximum absolute atomic E-state index is 5.05. The maximum atomic E-state index is 5.05. The summed E-state index contributed by atoms with van der Waals surface area (Å²) >= 11 is 1.95. The molecule has 21 heavy (non-hydrogen) atoms. The van der Waals surface area contributed by atoms with E-state index >= 15 is 0 Å². The highest BCUT2D eigenvalue weighted by Crippen LogP contribution is 2.44. The highest BCUT2D eigenvalue weighted by molar-refractivity contribution is 7.15. The molecule has 0 bridgehead atoms. The molecule has 0 unspecified atom stereocenters. The van der Waals surface area contributed by atoms with E-state index in [2.05, 4.69) is 17.1 Å². The molecule has 0 atom stereocenters. The van der Waals surface area contributed by atoms with E-state index in [-0.39, 0.29) is 0 Å². The number of nitrogens with zero attached hydrogens (tertiary/aromatic N) is 2. The van der Waals surface area contributed by atoms with E-state index in [1.54, 1.807) is 0 Å². The minimum absolute atomic E-state index is 0.767. The van der Waals surface area contributed by atoms with Crippen LogP contribution in [0, 0.1) is 0 Å². The molecule has 1 aromatic heterocycles. The van der Waals surface area contributed by atoms with Crippen LogP contribution in [0.4, 0.5) is 5.13 Å². The maximum Gasteiger partial charge on any atom is 0.185 e. The molecule has 0 spiro atoms. The Morgan fingerprint density at radius 3 is 2.52 bits per heavy atom. The van der Waals surface area contributed by atoms with Crippen LogP contribution < -0.4 is 10.2 Å². The summed E-state index contributed by atoms with van der Waals surface area (Å²) in [5.41, 5.74) is 1.42. The molecule has 2 aliphatic rings. The topological polar surface area (TPSA) is 28.2 Å². The van der Waals surface area contributed by atoms with Gasteiger partial charge in [0.25, 0.3) is 0 Å². The molecule has 1 saturated heterocycles. The number of hydrogen-bond donors (Lipinski definition) is 1. The van der Waals surface area contributed by atoms with Crippen molar-refractivity contribution in [1.82, 2.24) is 10.3 Å². The van der Waals surface area contributed by atoms with Gasteiger partial charge in [0.2, 0.25) is 0 Å². The van der Waals surface area contributed by atoms with Gasteiger partial charge in [-0.3, -0.25) is 0 Å². The Morgan fingerprint density at radius 2 is 1.86 bits per heavy atom. The largest absolute Gasteiger partial charge is 0.348 e. The van der Waals surface area contributed by atoms with E-state index in [1.165, 1.54) is 80.2 Å². The lowest BCUT2D eigenvalue weighted by Crippen LogP contribution is -2.26. The average Bonchev–Trinajstić information content (AvgIpc) is 3.20. The molecule has 1 aliphatic heterocycles. The molecule has 1 aromatic rings. The van der Waals surface area contributed by atoms with Crippen molar-refractivity contribution in [3.8, 4) is 0 Å². The van der Waals surface area contributed by atoms with Gasteiger partial charge in [-0.15, -0.1) is 11.3 Å². The average molecular weight is 308 g/mol. The number of nitrogens with one attached hydrogen (secondary N) is 1. The summed E-state index contributed by atoms with van der Waals surface area (Å²) in [6.45, 7) is 6.78. The Kier molecular flexibility index (Phi) is 5.53. The Bertz CT molecular complexity index is 431. The second kappa shape index (κ2) is 7.59. The molecule has 1 saturated carbocycles. The lowest BCUT2D eigenvalue weighted by Gasteiger charge is -2.23. The monoisotopic (exact) mass is 307 g/mol. The molecule has 0 radical (unpaired) electrons. The van der Waals surface area contributed by atoms with Crippen molar-refractivity contribution in [2.75, 3.05) is 24.5 Å². The molecule has 3 nitrogen and oxygen atoms in total. The third-order valence-corrected chi connectivity index (χ3v) is 5.65. The van der Waals surface area contributed by atoms with Crippen molar-refractivity contribution in [1.29, 1.82) is 0 Å². The van der Waals surface area contributed by atoms with E-state index in [9.17, 15) is 0 Å². The van der Waals surface area contributed by atoms with Crippen LogP contribution in [0.25, 0.3) is 0 Å². The fraction of sp³-hybridized carbons (Fsp3) is 0.824. The Balaban J connectivity index is 1.70. The summed E-state index contributed by atoms with van der Waals surface area (Å²) in [6, 6.07) is 0. The summed E-state index contributed by atoms with van der Waals surface area (Å²) in [4.78, 5) is 9.11. The number of rotatable bonds is 6. The Labute approximate surface area is 133 Å². The number of thiazole rings is 1. The summed E-state index contributed by atoms with van der Waals surface area (Å²) in [7, 11) is 0. The predicted molar refractivity (Wildman–Crippen MR) is 91.4 cm³/mol. The van der Waals surface area contributed by atoms with Gasteiger partial charge >= 0.3 is 0 Å². The third-order valence-electron chi connectivity index (χ3n) is 4.52. The van der Waals surface area contributed by atoms with E-state index in [1.807, 2.05) is 11.3 Å². The molecule has 2 fully saturated rings. The van der Waals surface area contributed by atoms with Crippen molar-refractivity contribution >= 4 is 16.5 Å². The molecule has 4 heteroatoms. The predicted octanol–water partition coefficient (Wildman–Crippen LogP) is 4.29. The fourth-order valence-corrected chi connectivity index (χ4v) is 4.27. The van der Waals surface area contributed by atoms with Crippen molar-refractivity contribution in [2.45, 2.75) is 70.8 Å². The van der Waals surface area contributed by atoms with Gasteiger partial charge in [-0.25, -0.2) is 4.98 Å². The minimum Gasteiger partial charge on any atom is -0.348 e. The lowest BCUT2D eigenvalue weighted by atomic mass is 10.1. The van der Waals surface area contributed by atoms with E-state index in [0.717, 1.165) is 19.0 Å². The van der Waals surface area contributed by atoms with Crippen LogP contribution in [-0.2, 0) is 6.54 Å². The SMILES string of the molecule is CCCNCc1sc(N2CCCCCCC2)nc1C1CC1. The van der Waals surface area contributed by atoms with Crippen LogP contribution in [0.15, 0.2) is 0 Å². The van der Waals surface area contributed by atoms with Gasteiger partial charge in [-0.2, -0.15) is 0 Å². The second-order valence-corrected chi connectivity index (χ2v) is 7.57. The molecular formula is C17H29N3S. The van der Waals surface area contributed by atoms with Crippen LogP contribution in [-0.4, -0.2) is 24.6 Å². The number of aromatic nitrogens is 1. The zero-order valence-corrected chi connectivity index (χ0v) is 14.2. The minimum atomic E-state index is 0.767. The summed E-state index contributed by atoms with van der Waals surface area (Å²) < 4.78 is 0. The fourth-order valence-electron chi connectivity index (χ4n) is 3.11. The van der Waals surface area contributed by atoms with Crippen molar-refractivity contribution in [3.63, 3.8) is 0 Å². The smallest absolute Gasteiger partial charge is 0.185 e.